The van der Waals surface area contributed by atoms with Crippen LogP contribution in [0.5, 0.6) is 0 Å². The summed E-state index contributed by atoms with van der Waals surface area (Å²) in [7, 11) is 0. The molecule has 1 atom stereocenters. The van der Waals surface area contributed by atoms with Crippen molar-refractivity contribution >= 4 is 16.8 Å². The van der Waals surface area contributed by atoms with Crippen LogP contribution in [-0.4, -0.2) is 35.0 Å². The zero-order valence-corrected chi connectivity index (χ0v) is 16.5. The van der Waals surface area contributed by atoms with Crippen molar-refractivity contribution in [1.82, 2.24) is 9.88 Å². The van der Waals surface area contributed by atoms with Gasteiger partial charge in [0.25, 0.3) is 5.91 Å². The molecule has 0 radical (unpaired) electrons. The lowest BCUT2D eigenvalue weighted by Gasteiger charge is -2.26. The van der Waals surface area contributed by atoms with E-state index in [1.807, 2.05) is 35.4 Å². The summed E-state index contributed by atoms with van der Waals surface area (Å²) in [6.45, 7) is 4.39. The number of hydrogen-bond donors (Lipinski definition) is 0. The Bertz CT molecular complexity index is 720. The Labute approximate surface area is 162 Å². The second-order valence-corrected chi connectivity index (χ2v) is 7.52. The van der Waals surface area contributed by atoms with Crippen LogP contribution in [0.1, 0.15) is 63.9 Å². The minimum Gasteiger partial charge on any atom is -0.368 e. The first kappa shape index (κ1) is 19.8. The van der Waals surface area contributed by atoms with E-state index in [4.69, 9.17) is 4.74 Å². The van der Waals surface area contributed by atoms with Crippen molar-refractivity contribution in [3.05, 3.63) is 42.1 Å². The SMILES string of the molecule is CCCCCCCCN(Cc1ccnc2ccccc12)C(=O)C1CCCO1. The first-order chi connectivity index (χ1) is 13.3. The largest absolute Gasteiger partial charge is 0.368 e. The number of benzene rings is 1. The molecule has 0 saturated carbocycles. The zero-order chi connectivity index (χ0) is 18.9. The molecule has 146 valence electrons. The van der Waals surface area contributed by atoms with Gasteiger partial charge in [-0.1, -0.05) is 57.2 Å². The lowest BCUT2D eigenvalue weighted by atomic mass is 10.1. The number of fused-ring (bicyclic) bond motifs is 1. The van der Waals surface area contributed by atoms with Crippen LogP contribution in [0.2, 0.25) is 0 Å². The van der Waals surface area contributed by atoms with E-state index in [1.54, 1.807) is 0 Å². The maximum absolute atomic E-state index is 13.0. The fourth-order valence-corrected chi connectivity index (χ4v) is 3.82. The van der Waals surface area contributed by atoms with Gasteiger partial charge < -0.3 is 9.64 Å². The van der Waals surface area contributed by atoms with Gasteiger partial charge in [0.05, 0.1) is 5.52 Å². The molecule has 1 aromatic heterocycles. The molecular weight excluding hydrogens is 336 g/mol. The Morgan fingerprint density at radius 3 is 2.78 bits per heavy atom. The first-order valence-corrected chi connectivity index (χ1v) is 10.5. The number of hydrogen-bond acceptors (Lipinski definition) is 3. The van der Waals surface area contributed by atoms with Gasteiger partial charge in [0.2, 0.25) is 0 Å². The number of pyridine rings is 1. The molecule has 0 spiro atoms. The number of ether oxygens (including phenoxy) is 1. The highest BCUT2D eigenvalue weighted by Gasteiger charge is 2.28. The standard InChI is InChI=1S/C23H32N2O2/c1-2-3-4-5-6-9-16-25(23(26)22-13-10-17-27-22)18-19-14-15-24-21-12-8-7-11-20(19)21/h7-8,11-12,14-15,22H,2-6,9-10,13,16-18H2,1H3. The third-order valence-corrected chi connectivity index (χ3v) is 5.40. The average molecular weight is 369 g/mol. The molecule has 1 aliphatic heterocycles. The molecule has 3 rings (SSSR count). The number of rotatable bonds is 10. The molecule has 0 bridgehead atoms. The van der Waals surface area contributed by atoms with Crippen molar-refractivity contribution in [2.45, 2.75) is 70.9 Å². The summed E-state index contributed by atoms with van der Waals surface area (Å²) in [4.78, 5) is 19.5. The maximum atomic E-state index is 13.0. The molecule has 4 nitrogen and oxygen atoms in total. The lowest BCUT2D eigenvalue weighted by molar-refractivity contribution is -0.141. The van der Waals surface area contributed by atoms with Gasteiger partial charge in [-0.25, -0.2) is 0 Å². The molecular formula is C23H32N2O2. The quantitative estimate of drug-likeness (QED) is 0.548. The van der Waals surface area contributed by atoms with E-state index >= 15 is 0 Å². The zero-order valence-electron chi connectivity index (χ0n) is 16.5. The van der Waals surface area contributed by atoms with Gasteiger partial charge in [-0.3, -0.25) is 9.78 Å². The summed E-state index contributed by atoms with van der Waals surface area (Å²) in [5, 5.41) is 1.13. The first-order valence-electron chi connectivity index (χ1n) is 10.5. The second kappa shape index (κ2) is 10.4. The number of para-hydroxylation sites is 1. The van der Waals surface area contributed by atoms with Crippen molar-refractivity contribution in [3.63, 3.8) is 0 Å². The van der Waals surface area contributed by atoms with Crippen LogP contribution < -0.4 is 0 Å². The van der Waals surface area contributed by atoms with Crippen molar-refractivity contribution in [2.75, 3.05) is 13.2 Å². The molecule has 2 heterocycles. The van der Waals surface area contributed by atoms with Crippen molar-refractivity contribution in [1.29, 1.82) is 0 Å². The Balaban J connectivity index is 1.67. The molecule has 1 saturated heterocycles. The van der Waals surface area contributed by atoms with Crippen molar-refractivity contribution < 1.29 is 9.53 Å². The highest BCUT2D eigenvalue weighted by Crippen LogP contribution is 2.21. The van der Waals surface area contributed by atoms with E-state index in [2.05, 4.69) is 18.0 Å². The molecule has 1 aromatic carbocycles. The summed E-state index contributed by atoms with van der Waals surface area (Å²) in [5.41, 5.74) is 2.15. The number of aromatic nitrogens is 1. The van der Waals surface area contributed by atoms with Gasteiger partial charge in [0.15, 0.2) is 0 Å². The second-order valence-electron chi connectivity index (χ2n) is 7.52. The minimum atomic E-state index is -0.252. The Morgan fingerprint density at radius 2 is 1.96 bits per heavy atom. The third kappa shape index (κ3) is 5.52. The van der Waals surface area contributed by atoms with E-state index in [9.17, 15) is 4.79 Å². The summed E-state index contributed by atoms with van der Waals surface area (Å²) in [6, 6.07) is 10.2. The highest BCUT2D eigenvalue weighted by molar-refractivity contribution is 5.84. The van der Waals surface area contributed by atoms with E-state index in [0.717, 1.165) is 42.3 Å². The molecule has 1 aliphatic rings. The number of nitrogens with zero attached hydrogens (tertiary/aromatic N) is 2. The molecule has 2 aromatic rings. The van der Waals surface area contributed by atoms with Crippen LogP contribution in [0.4, 0.5) is 0 Å². The van der Waals surface area contributed by atoms with Gasteiger partial charge >= 0.3 is 0 Å². The molecule has 1 amide bonds. The Hall–Kier alpha value is -1.94. The van der Waals surface area contributed by atoms with E-state index in [1.165, 1.54) is 32.1 Å². The summed E-state index contributed by atoms with van der Waals surface area (Å²) < 4.78 is 5.68. The van der Waals surface area contributed by atoms with Gasteiger partial charge in [-0.2, -0.15) is 0 Å². The van der Waals surface area contributed by atoms with Gasteiger partial charge in [0.1, 0.15) is 6.10 Å². The smallest absolute Gasteiger partial charge is 0.251 e. The molecule has 0 aliphatic carbocycles. The summed E-state index contributed by atoms with van der Waals surface area (Å²) in [5.74, 6) is 0.155. The van der Waals surface area contributed by atoms with Crippen LogP contribution in [-0.2, 0) is 16.1 Å². The van der Waals surface area contributed by atoms with Crippen molar-refractivity contribution in [2.24, 2.45) is 0 Å². The van der Waals surface area contributed by atoms with Crippen LogP contribution in [0.25, 0.3) is 10.9 Å². The normalized spacial score (nSPS) is 16.7. The molecule has 4 heteroatoms. The van der Waals surface area contributed by atoms with Gasteiger partial charge in [-0.15, -0.1) is 0 Å². The molecule has 1 unspecified atom stereocenters. The summed E-state index contributed by atoms with van der Waals surface area (Å²) >= 11 is 0. The average Bonchev–Trinajstić information content (AvgIpc) is 3.24. The number of carbonyl (C=O) groups is 1. The minimum absolute atomic E-state index is 0.155. The van der Waals surface area contributed by atoms with Crippen LogP contribution in [0, 0.1) is 0 Å². The molecule has 0 N–H and O–H groups in total. The Morgan fingerprint density at radius 1 is 1.15 bits per heavy atom. The van der Waals surface area contributed by atoms with E-state index in [0.29, 0.717) is 13.2 Å². The van der Waals surface area contributed by atoms with E-state index in [-0.39, 0.29) is 12.0 Å². The summed E-state index contributed by atoms with van der Waals surface area (Å²) in [6.07, 6.45) is 10.8. The van der Waals surface area contributed by atoms with Crippen molar-refractivity contribution in [3.8, 4) is 0 Å². The van der Waals surface area contributed by atoms with Gasteiger partial charge in [0, 0.05) is 31.3 Å². The van der Waals surface area contributed by atoms with Crippen LogP contribution in [0.3, 0.4) is 0 Å². The topological polar surface area (TPSA) is 42.4 Å². The Kier molecular flexibility index (Phi) is 7.64. The predicted molar refractivity (Wildman–Crippen MR) is 110 cm³/mol. The number of unbranched alkanes of at least 4 members (excludes halogenated alkanes) is 5. The van der Waals surface area contributed by atoms with Crippen LogP contribution >= 0.6 is 0 Å². The van der Waals surface area contributed by atoms with E-state index < -0.39 is 0 Å². The fraction of sp³-hybridized carbons (Fsp3) is 0.565. The predicted octanol–water partition coefficient (Wildman–Crippen LogP) is 5.10. The molecule has 1 fully saturated rings. The maximum Gasteiger partial charge on any atom is 0.251 e. The highest BCUT2D eigenvalue weighted by atomic mass is 16.5. The number of carbonyl (C=O) groups excluding carboxylic acids is 1. The monoisotopic (exact) mass is 368 g/mol. The molecule has 27 heavy (non-hydrogen) atoms. The van der Waals surface area contributed by atoms with Gasteiger partial charge in [-0.05, 0) is 37.0 Å². The van der Waals surface area contributed by atoms with Crippen LogP contribution in [0.15, 0.2) is 36.5 Å². The fourth-order valence-electron chi connectivity index (χ4n) is 3.82. The third-order valence-electron chi connectivity index (χ3n) is 5.40. The number of amides is 1. The lowest BCUT2D eigenvalue weighted by Crippen LogP contribution is -2.39.